The van der Waals surface area contributed by atoms with Crippen LogP contribution in [0.2, 0.25) is 0 Å². The van der Waals surface area contributed by atoms with Crippen molar-refractivity contribution in [3.8, 4) is 11.2 Å². The largest absolute Gasteiger partial charge is 0.300 e. The SMILES string of the molecule is C[S+](C)C#CC=N. The lowest BCUT2D eigenvalue weighted by Gasteiger charge is -1.70. The Bertz CT molecular complexity index is 107. The van der Waals surface area contributed by atoms with Crippen molar-refractivity contribution in [2.24, 2.45) is 0 Å². The molecular formula is C5H8NS+. The molecule has 1 N–H and O–H groups in total. The monoisotopic (exact) mass is 114 g/mol. The van der Waals surface area contributed by atoms with Crippen molar-refractivity contribution in [3.05, 3.63) is 0 Å². The van der Waals surface area contributed by atoms with E-state index in [0.29, 0.717) is 0 Å². The van der Waals surface area contributed by atoms with Gasteiger partial charge in [0.1, 0.15) is 12.5 Å². The maximum Gasteiger partial charge on any atom is 0.157 e. The third-order valence-electron chi connectivity index (χ3n) is 0.335. The molecule has 38 valence electrons. The van der Waals surface area contributed by atoms with Crippen LogP contribution >= 0.6 is 0 Å². The number of hydrogen-bond acceptors (Lipinski definition) is 1. The summed E-state index contributed by atoms with van der Waals surface area (Å²) in [5, 5.41) is 9.33. The fourth-order valence-electron chi connectivity index (χ4n) is 0.147. The summed E-state index contributed by atoms with van der Waals surface area (Å²) >= 11 is 0. The highest BCUT2D eigenvalue weighted by atomic mass is 32.2. The molecule has 0 aromatic rings. The summed E-state index contributed by atoms with van der Waals surface area (Å²) in [6.45, 7) is 0. The van der Waals surface area contributed by atoms with Crippen molar-refractivity contribution >= 4 is 17.1 Å². The Kier molecular flexibility index (Phi) is 3.53. The summed E-state index contributed by atoms with van der Waals surface area (Å²) in [5.41, 5.74) is 0. The summed E-state index contributed by atoms with van der Waals surface area (Å²) in [6.07, 6.45) is 5.17. The van der Waals surface area contributed by atoms with Crippen molar-refractivity contribution in [1.82, 2.24) is 0 Å². The van der Waals surface area contributed by atoms with Crippen LogP contribution in [0.4, 0.5) is 0 Å². The molecule has 7 heavy (non-hydrogen) atoms. The zero-order chi connectivity index (χ0) is 5.70. The normalized spacial score (nSPS) is 7.29. The van der Waals surface area contributed by atoms with E-state index in [0.717, 1.165) is 6.21 Å². The van der Waals surface area contributed by atoms with Crippen LogP contribution in [0, 0.1) is 16.6 Å². The Morgan fingerprint density at radius 2 is 2.14 bits per heavy atom. The van der Waals surface area contributed by atoms with Crippen LogP contribution in [0.3, 0.4) is 0 Å². The smallest absolute Gasteiger partial charge is 0.157 e. The molecule has 0 bridgehead atoms. The van der Waals surface area contributed by atoms with Crippen LogP contribution in [0.25, 0.3) is 0 Å². The summed E-state index contributed by atoms with van der Waals surface area (Å²) in [7, 11) is 0.172. The maximum absolute atomic E-state index is 6.50. The summed E-state index contributed by atoms with van der Waals surface area (Å²) in [5.74, 6) is 2.55. The van der Waals surface area contributed by atoms with Crippen LogP contribution < -0.4 is 0 Å². The Morgan fingerprint density at radius 1 is 1.57 bits per heavy atom. The van der Waals surface area contributed by atoms with Gasteiger partial charge >= 0.3 is 0 Å². The first-order valence-corrected chi connectivity index (χ1v) is 3.89. The molecule has 0 atom stereocenters. The van der Waals surface area contributed by atoms with E-state index >= 15 is 0 Å². The number of nitrogens with one attached hydrogen (secondary N) is 1. The molecule has 0 rings (SSSR count). The zero-order valence-corrected chi connectivity index (χ0v) is 5.30. The van der Waals surface area contributed by atoms with Crippen LogP contribution in [0.1, 0.15) is 0 Å². The van der Waals surface area contributed by atoms with Gasteiger partial charge in [-0.2, -0.15) is 0 Å². The first-order valence-electron chi connectivity index (χ1n) is 1.85. The third-order valence-corrected chi connectivity index (χ3v) is 0.861. The molecule has 1 nitrogen and oxygen atoms in total. The van der Waals surface area contributed by atoms with E-state index < -0.39 is 0 Å². The topological polar surface area (TPSA) is 23.9 Å². The molecule has 0 heterocycles. The van der Waals surface area contributed by atoms with Gasteiger partial charge in [-0.3, -0.25) is 5.41 Å². The van der Waals surface area contributed by atoms with Crippen LogP contribution in [-0.4, -0.2) is 18.7 Å². The lowest BCUT2D eigenvalue weighted by atomic mass is 10.8. The minimum atomic E-state index is 0.172. The van der Waals surface area contributed by atoms with Gasteiger partial charge in [0.25, 0.3) is 0 Å². The lowest BCUT2D eigenvalue weighted by molar-refractivity contribution is 1.59. The Labute approximate surface area is 47.0 Å². The molecule has 2 heteroatoms. The molecule has 0 aliphatic heterocycles. The predicted octanol–water partition coefficient (Wildman–Crippen LogP) is 0.475. The molecule has 0 aliphatic carbocycles. The fourth-order valence-corrected chi connectivity index (χ4v) is 0.442. The highest BCUT2D eigenvalue weighted by molar-refractivity contribution is 8.00. The summed E-state index contributed by atoms with van der Waals surface area (Å²) in [4.78, 5) is 0. The van der Waals surface area contributed by atoms with E-state index in [1.54, 1.807) is 0 Å². The highest BCUT2D eigenvalue weighted by Gasteiger charge is 1.89. The van der Waals surface area contributed by atoms with E-state index in [2.05, 4.69) is 11.2 Å². The van der Waals surface area contributed by atoms with E-state index in [1.165, 1.54) is 0 Å². The molecule has 0 saturated heterocycles. The quantitative estimate of drug-likeness (QED) is 0.269. The van der Waals surface area contributed by atoms with Gasteiger partial charge in [0.15, 0.2) is 5.25 Å². The first-order chi connectivity index (χ1) is 3.27. The number of rotatable bonds is 0. The van der Waals surface area contributed by atoms with Crippen molar-refractivity contribution in [2.45, 2.75) is 0 Å². The van der Waals surface area contributed by atoms with Gasteiger partial charge < -0.3 is 0 Å². The molecular weight excluding hydrogens is 106 g/mol. The van der Waals surface area contributed by atoms with Crippen molar-refractivity contribution in [1.29, 1.82) is 5.41 Å². The van der Waals surface area contributed by atoms with Crippen LogP contribution in [-0.2, 0) is 10.9 Å². The number of hydrogen-bond donors (Lipinski definition) is 1. The summed E-state index contributed by atoms with van der Waals surface area (Å²) < 4.78 is 0. The zero-order valence-electron chi connectivity index (χ0n) is 4.49. The average Bonchev–Trinajstić information content (AvgIpc) is 1.61. The second-order valence-corrected chi connectivity index (χ2v) is 3.04. The molecule has 0 radical (unpaired) electrons. The molecule has 0 spiro atoms. The first kappa shape index (κ1) is 6.58. The minimum Gasteiger partial charge on any atom is -0.300 e. The van der Waals surface area contributed by atoms with Crippen LogP contribution in [0.15, 0.2) is 0 Å². The molecule has 0 fully saturated rings. The van der Waals surface area contributed by atoms with Gasteiger partial charge in [-0.25, -0.2) is 0 Å². The Balaban J connectivity index is 3.43. The van der Waals surface area contributed by atoms with Gasteiger partial charge in [0.2, 0.25) is 0 Å². The highest BCUT2D eigenvalue weighted by Crippen LogP contribution is 1.73. The van der Waals surface area contributed by atoms with E-state index in [9.17, 15) is 0 Å². The molecule has 0 aliphatic rings. The van der Waals surface area contributed by atoms with Gasteiger partial charge in [-0.05, 0) is 0 Å². The Hall–Kier alpha value is -0.420. The predicted molar refractivity (Wildman–Crippen MR) is 35.8 cm³/mol. The minimum absolute atomic E-state index is 0.172. The Morgan fingerprint density at radius 3 is 2.29 bits per heavy atom. The van der Waals surface area contributed by atoms with Gasteiger partial charge in [0, 0.05) is 5.92 Å². The van der Waals surface area contributed by atoms with E-state index in [1.807, 2.05) is 12.5 Å². The van der Waals surface area contributed by atoms with E-state index in [4.69, 9.17) is 5.41 Å². The second-order valence-electron chi connectivity index (χ2n) is 1.21. The fraction of sp³-hybridized carbons (Fsp3) is 0.400. The maximum atomic E-state index is 6.50. The molecule has 0 aromatic heterocycles. The standard InChI is InChI=1S/C5H8NS/c1-7(2)5-3-4-6/h4,6H,1-2H3/q+1. The van der Waals surface area contributed by atoms with Gasteiger partial charge in [-0.1, -0.05) is 0 Å². The van der Waals surface area contributed by atoms with Gasteiger partial charge in [0.05, 0.1) is 17.1 Å². The molecule has 0 amide bonds. The third kappa shape index (κ3) is 5.58. The van der Waals surface area contributed by atoms with Crippen LogP contribution in [0.5, 0.6) is 0 Å². The lowest BCUT2D eigenvalue weighted by Crippen LogP contribution is -1.85. The van der Waals surface area contributed by atoms with Gasteiger partial charge in [-0.15, -0.1) is 0 Å². The van der Waals surface area contributed by atoms with E-state index in [-0.39, 0.29) is 10.9 Å². The molecule has 0 aromatic carbocycles. The van der Waals surface area contributed by atoms with Crippen molar-refractivity contribution in [3.63, 3.8) is 0 Å². The molecule has 0 unspecified atom stereocenters. The average molecular weight is 114 g/mol. The molecule has 0 saturated carbocycles. The van der Waals surface area contributed by atoms with Crippen molar-refractivity contribution in [2.75, 3.05) is 12.5 Å². The van der Waals surface area contributed by atoms with Crippen molar-refractivity contribution < 1.29 is 0 Å². The summed E-state index contributed by atoms with van der Waals surface area (Å²) in [6, 6.07) is 0. The second kappa shape index (κ2) is 3.76.